The average molecular weight is 570 g/mol. The van der Waals surface area contributed by atoms with Gasteiger partial charge in [-0.15, -0.1) is 0 Å². The van der Waals surface area contributed by atoms with E-state index in [0.717, 1.165) is 64.2 Å². The summed E-state index contributed by atoms with van der Waals surface area (Å²) in [5, 5.41) is 9.24. The van der Waals surface area contributed by atoms with Crippen LogP contribution in [0.15, 0.2) is 0 Å². The Balaban J connectivity index is 1.14. The number of primary amides is 1. The number of nitrogens with two attached hydrogens (primary N) is 1. The predicted molar refractivity (Wildman–Crippen MR) is 151 cm³/mol. The zero-order valence-electron chi connectivity index (χ0n) is 24.2. The van der Waals surface area contributed by atoms with Crippen LogP contribution in [0.4, 0.5) is 4.79 Å². The van der Waals surface area contributed by atoms with Gasteiger partial charge in [0.25, 0.3) is 5.91 Å². The number of rotatable bonds is 10. The molecule has 1 aliphatic heterocycles. The molecule has 0 aromatic rings. The molecule has 0 spiro atoms. The molecule has 6 saturated carbocycles. The molecular formula is C31H47N5O5. The normalized spacial score (nSPS) is 34.1. The van der Waals surface area contributed by atoms with Gasteiger partial charge < -0.3 is 26.6 Å². The number of Topliss-reactive ketones (excluding diaryl/α,β-unsaturated/α-hetero) is 1. The van der Waals surface area contributed by atoms with Crippen LogP contribution in [0.3, 0.4) is 0 Å². The van der Waals surface area contributed by atoms with Crippen molar-refractivity contribution in [2.45, 2.75) is 126 Å². The molecule has 41 heavy (non-hydrogen) atoms. The Labute approximate surface area is 242 Å². The molecular weight excluding hydrogens is 522 g/mol. The Morgan fingerprint density at radius 1 is 0.805 bits per heavy atom. The van der Waals surface area contributed by atoms with Crippen molar-refractivity contribution in [2.75, 3.05) is 6.54 Å². The highest BCUT2D eigenvalue weighted by atomic mass is 16.2. The highest BCUT2D eigenvalue weighted by molar-refractivity contribution is 6.37. The second kappa shape index (κ2) is 11.6. The van der Waals surface area contributed by atoms with Crippen molar-refractivity contribution in [2.24, 2.45) is 35.3 Å². The first-order chi connectivity index (χ1) is 19.7. The van der Waals surface area contributed by atoms with Gasteiger partial charge in [-0.25, -0.2) is 4.79 Å². The first kappa shape index (κ1) is 28.5. The second-order valence-electron chi connectivity index (χ2n) is 14.3. The number of carbonyl (C=O) groups excluding carboxylic acids is 5. The van der Waals surface area contributed by atoms with Gasteiger partial charge in [-0.2, -0.15) is 0 Å². The summed E-state index contributed by atoms with van der Waals surface area (Å²) in [4.78, 5) is 66.8. The SMILES string of the molecule is NC(=O)C(=O)C(CC1CC1)NC(=O)C1CCCN1C(=O)[C@@H](NC(=O)NC12CC3CC(CC(C3)C1)C2)C1CCCCC1. The molecule has 7 fully saturated rings. The number of hydrogen-bond acceptors (Lipinski definition) is 5. The number of urea groups is 1. The third kappa shape index (κ3) is 6.26. The maximum Gasteiger partial charge on any atom is 0.315 e. The van der Waals surface area contributed by atoms with E-state index >= 15 is 0 Å². The molecule has 10 nitrogen and oxygen atoms in total. The average Bonchev–Trinajstić information content (AvgIpc) is 3.61. The summed E-state index contributed by atoms with van der Waals surface area (Å²) in [5.41, 5.74) is 5.11. The van der Waals surface area contributed by atoms with Crippen molar-refractivity contribution >= 4 is 29.5 Å². The highest BCUT2D eigenvalue weighted by Crippen LogP contribution is 2.55. The maximum absolute atomic E-state index is 14.1. The highest BCUT2D eigenvalue weighted by Gasteiger charge is 2.52. The van der Waals surface area contributed by atoms with Crippen molar-refractivity contribution in [3.63, 3.8) is 0 Å². The van der Waals surface area contributed by atoms with Crippen LogP contribution in [0, 0.1) is 29.6 Å². The van der Waals surface area contributed by atoms with Gasteiger partial charge in [0, 0.05) is 12.1 Å². The lowest BCUT2D eigenvalue weighted by atomic mass is 9.53. The molecule has 1 saturated heterocycles. The van der Waals surface area contributed by atoms with E-state index in [4.69, 9.17) is 5.73 Å². The summed E-state index contributed by atoms with van der Waals surface area (Å²) in [7, 11) is 0. The van der Waals surface area contributed by atoms with Gasteiger partial charge in [0.05, 0.1) is 6.04 Å². The van der Waals surface area contributed by atoms with E-state index in [1.165, 1.54) is 19.3 Å². The van der Waals surface area contributed by atoms with Crippen LogP contribution in [0.25, 0.3) is 0 Å². The summed E-state index contributed by atoms with van der Waals surface area (Å²) in [6.07, 6.45) is 15.4. The van der Waals surface area contributed by atoms with Gasteiger partial charge in [-0.05, 0) is 100 Å². The molecule has 5 amide bonds. The molecule has 5 N–H and O–H groups in total. The van der Waals surface area contributed by atoms with Crippen molar-refractivity contribution in [1.29, 1.82) is 0 Å². The lowest BCUT2D eigenvalue weighted by Crippen LogP contribution is -2.64. The summed E-state index contributed by atoms with van der Waals surface area (Å²) in [6.45, 7) is 0.426. The van der Waals surface area contributed by atoms with Crippen LogP contribution in [-0.4, -0.2) is 64.6 Å². The van der Waals surface area contributed by atoms with E-state index < -0.39 is 35.7 Å². The maximum atomic E-state index is 14.1. The second-order valence-corrected chi connectivity index (χ2v) is 14.3. The molecule has 2 unspecified atom stereocenters. The summed E-state index contributed by atoms with van der Waals surface area (Å²) >= 11 is 0. The van der Waals surface area contributed by atoms with Crippen molar-refractivity contribution < 1.29 is 24.0 Å². The van der Waals surface area contributed by atoms with Crippen LogP contribution in [0.2, 0.25) is 0 Å². The monoisotopic (exact) mass is 569 g/mol. The zero-order valence-corrected chi connectivity index (χ0v) is 24.2. The van der Waals surface area contributed by atoms with Gasteiger partial charge in [-0.3, -0.25) is 19.2 Å². The fraction of sp³-hybridized carbons (Fsp3) is 0.839. The van der Waals surface area contributed by atoms with Gasteiger partial charge >= 0.3 is 6.03 Å². The van der Waals surface area contributed by atoms with Gasteiger partial charge in [0.15, 0.2) is 0 Å². The fourth-order valence-corrected chi connectivity index (χ4v) is 9.37. The zero-order chi connectivity index (χ0) is 28.7. The van der Waals surface area contributed by atoms with Crippen LogP contribution in [0.5, 0.6) is 0 Å². The molecule has 10 heteroatoms. The van der Waals surface area contributed by atoms with Crippen molar-refractivity contribution in [3.8, 4) is 0 Å². The molecule has 3 atom stereocenters. The van der Waals surface area contributed by atoms with Gasteiger partial charge in [0.1, 0.15) is 12.1 Å². The fourth-order valence-electron chi connectivity index (χ4n) is 9.37. The van der Waals surface area contributed by atoms with E-state index in [-0.39, 0.29) is 23.4 Å². The van der Waals surface area contributed by atoms with Crippen molar-refractivity contribution in [3.05, 3.63) is 0 Å². The van der Waals surface area contributed by atoms with E-state index in [1.54, 1.807) is 4.90 Å². The molecule has 6 aliphatic carbocycles. The van der Waals surface area contributed by atoms with Crippen LogP contribution < -0.4 is 21.7 Å². The first-order valence-electron chi connectivity index (χ1n) is 16.2. The number of carbonyl (C=O) groups is 5. The molecule has 4 bridgehead atoms. The lowest BCUT2D eigenvalue weighted by Gasteiger charge is -2.56. The molecule has 0 aromatic carbocycles. The van der Waals surface area contributed by atoms with Crippen LogP contribution >= 0.6 is 0 Å². The Hall–Kier alpha value is -2.65. The minimum Gasteiger partial charge on any atom is -0.363 e. The van der Waals surface area contributed by atoms with E-state index in [0.29, 0.717) is 49.5 Å². The molecule has 0 radical (unpaired) electrons. The van der Waals surface area contributed by atoms with E-state index in [1.807, 2.05) is 0 Å². The summed E-state index contributed by atoms with van der Waals surface area (Å²) in [6, 6.07) is -2.63. The number of likely N-dealkylation sites (tertiary alicyclic amines) is 1. The van der Waals surface area contributed by atoms with Crippen LogP contribution in [0.1, 0.15) is 103 Å². The molecule has 226 valence electrons. The molecule has 1 heterocycles. The first-order valence-corrected chi connectivity index (χ1v) is 16.2. The standard InChI is InChI=1S/C31H47N5O5/c32-27(38)26(37)23(14-18-8-9-18)33-28(39)24-7-4-10-36(24)29(40)25(22-5-2-1-3-6-22)34-30(41)35-31-15-19-11-20(16-31)13-21(12-19)17-31/h18-25H,1-17H2,(H2,32,38)(H,33,39)(H2,34,35,41)/t19?,20?,21?,23?,24?,25-,31?/m0/s1. The quantitative estimate of drug-likeness (QED) is 0.298. The number of ketones is 1. The van der Waals surface area contributed by atoms with E-state index in [9.17, 15) is 24.0 Å². The van der Waals surface area contributed by atoms with Crippen molar-refractivity contribution in [1.82, 2.24) is 20.9 Å². The number of nitrogens with zero attached hydrogens (tertiary/aromatic N) is 1. The van der Waals surface area contributed by atoms with Crippen LogP contribution in [-0.2, 0) is 19.2 Å². The molecule has 7 rings (SSSR count). The Bertz CT molecular complexity index is 1030. The number of hydrogen-bond donors (Lipinski definition) is 4. The van der Waals surface area contributed by atoms with Gasteiger partial charge in [-0.1, -0.05) is 32.1 Å². The largest absolute Gasteiger partial charge is 0.363 e. The molecule has 7 aliphatic rings. The third-order valence-electron chi connectivity index (χ3n) is 11.1. The predicted octanol–water partition coefficient (Wildman–Crippen LogP) is 2.53. The topological polar surface area (TPSA) is 151 Å². The Kier molecular flexibility index (Phi) is 8.02. The van der Waals surface area contributed by atoms with Gasteiger partial charge in [0.2, 0.25) is 17.6 Å². The number of amides is 5. The minimum absolute atomic E-state index is 0.0294. The Morgan fingerprint density at radius 2 is 1.44 bits per heavy atom. The smallest absolute Gasteiger partial charge is 0.315 e. The number of nitrogens with one attached hydrogen (secondary N) is 3. The van der Waals surface area contributed by atoms with E-state index in [2.05, 4.69) is 16.0 Å². The Morgan fingerprint density at radius 3 is 2.02 bits per heavy atom. The third-order valence-corrected chi connectivity index (χ3v) is 11.1. The summed E-state index contributed by atoms with van der Waals surface area (Å²) < 4.78 is 0. The summed E-state index contributed by atoms with van der Waals surface area (Å²) in [5.74, 6) is -0.0408. The minimum atomic E-state index is -1.05. The molecule has 0 aromatic heterocycles. The lowest BCUT2D eigenvalue weighted by molar-refractivity contribution is -0.143.